The lowest BCUT2D eigenvalue weighted by atomic mass is 10.2. The number of hydrogen-bond donors (Lipinski definition) is 1. The van der Waals surface area contributed by atoms with Crippen LogP contribution < -0.4 is 5.32 Å². The predicted octanol–water partition coefficient (Wildman–Crippen LogP) is 4.97. The second kappa shape index (κ2) is 6.57. The van der Waals surface area contributed by atoms with E-state index in [1.165, 1.54) is 11.1 Å². The second-order valence-corrected chi connectivity index (χ2v) is 6.32. The molecule has 0 bridgehead atoms. The molecule has 1 N–H and O–H groups in total. The van der Waals surface area contributed by atoms with Gasteiger partial charge in [0.15, 0.2) is 0 Å². The van der Waals surface area contributed by atoms with Crippen LogP contribution in [-0.2, 0) is 6.54 Å². The monoisotopic (exact) mass is 348 g/mol. The molecule has 0 saturated carbocycles. The first-order chi connectivity index (χ1) is 12.2. The fourth-order valence-corrected chi connectivity index (χ4v) is 2.98. The zero-order chi connectivity index (χ0) is 17.2. The summed E-state index contributed by atoms with van der Waals surface area (Å²) in [6.07, 6.45) is 2.07. The maximum absolute atomic E-state index is 6.08. The molecule has 0 amide bonds. The number of fused-ring (bicyclic) bond motifs is 1. The summed E-state index contributed by atoms with van der Waals surface area (Å²) in [4.78, 5) is 9.18. The summed E-state index contributed by atoms with van der Waals surface area (Å²) in [5, 5.41) is 3.97. The van der Waals surface area contributed by atoms with Crippen molar-refractivity contribution in [2.75, 3.05) is 5.32 Å². The Hall–Kier alpha value is -2.85. The van der Waals surface area contributed by atoms with Gasteiger partial charge in [0.1, 0.15) is 22.3 Å². The molecule has 0 fully saturated rings. The first-order valence-electron chi connectivity index (χ1n) is 8.10. The van der Waals surface area contributed by atoms with Crippen LogP contribution in [0.2, 0.25) is 5.15 Å². The molecule has 3 heterocycles. The van der Waals surface area contributed by atoms with Gasteiger partial charge >= 0.3 is 0 Å². The Morgan fingerprint density at radius 1 is 0.960 bits per heavy atom. The molecule has 0 unspecified atom stereocenters. The Labute approximate surface area is 151 Å². The molecule has 4 nitrogen and oxygen atoms in total. The van der Waals surface area contributed by atoms with Crippen LogP contribution in [-0.4, -0.2) is 14.4 Å². The number of aryl methyl sites for hydroxylation is 1. The highest BCUT2D eigenvalue weighted by Gasteiger charge is 2.15. The highest BCUT2D eigenvalue weighted by Crippen LogP contribution is 2.29. The molecule has 4 aromatic rings. The number of imidazole rings is 1. The van der Waals surface area contributed by atoms with Crippen LogP contribution in [0.5, 0.6) is 0 Å². The number of nitrogens with one attached hydrogen (secondary N) is 1. The van der Waals surface area contributed by atoms with Gasteiger partial charge in [-0.25, -0.2) is 9.97 Å². The molecule has 0 aliphatic carbocycles. The van der Waals surface area contributed by atoms with Crippen molar-refractivity contribution in [3.63, 3.8) is 0 Å². The van der Waals surface area contributed by atoms with Gasteiger partial charge in [0.2, 0.25) is 0 Å². The third-order valence-electron chi connectivity index (χ3n) is 4.03. The number of hydrogen-bond acceptors (Lipinski definition) is 3. The summed E-state index contributed by atoms with van der Waals surface area (Å²) >= 11 is 6.08. The number of nitrogens with zero attached hydrogens (tertiary/aromatic N) is 3. The topological polar surface area (TPSA) is 42.2 Å². The van der Waals surface area contributed by atoms with Gasteiger partial charge in [-0.3, -0.25) is 4.40 Å². The van der Waals surface area contributed by atoms with Crippen LogP contribution in [0.4, 0.5) is 5.82 Å². The molecular weight excluding hydrogens is 332 g/mol. The van der Waals surface area contributed by atoms with Crippen LogP contribution in [0.25, 0.3) is 17.0 Å². The van der Waals surface area contributed by atoms with E-state index in [0.29, 0.717) is 11.7 Å². The van der Waals surface area contributed by atoms with Gasteiger partial charge in [0.05, 0.1) is 5.69 Å². The summed E-state index contributed by atoms with van der Waals surface area (Å²) in [6, 6.07) is 19.9. The fourth-order valence-electron chi connectivity index (χ4n) is 2.82. The van der Waals surface area contributed by atoms with E-state index in [9.17, 15) is 0 Å². The first kappa shape index (κ1) is 15.7. The van der Waals surface area contributed by atoms with E-state index >= 15 is 0 Å². The number of benzene rings is 1. The summed E-state index contributed by atoms with van der Waals surface area (Å²) in [5.41, 5.74) is 4.79. The van der Waals surface area contributed by atoms with Gasteiger partial charge in [-0.2, -0.15) is 0 Å². The van der Waals surface area contributed by atoms with E-state index in [1.807, 2.05) is 36.4 Å². The van der Waals surface area contributed by atoms with Gasteiger partial charge in [-0.1, -0.05) is 54.1 Å². The predicted molar refractivity (Wildman–Crippen MR) is 102 cm³/mol. The molecule has 4 rings (SSSR count). The largest absolute Gasteiger partial charge is 0.365 e. The number of aromatic nitrogens is 3. The van der Waals surface area contributed by atoms with Gasteiger partial charge in [0.25, 0.3) is 0 Å². The number of halogens is 1. The van der Waals surface area contributed by atoms with Crippen LogP contribution >= 0.6 is 11.6 Å². The van der Waals surface area contributed by atoms with E-state index < -0.39 is 0 Å². The summed E-state index contributed by atoms with van der Waals surface area (Å²) in [7, 11) is 0. The van der Waals surface area contributed by atoms with Gasteiger partial charge in [-0.15, -0.1) is 0 Å². The lowest BCUT2D eigenvalue weighted by Crippen LogP contribution is -2.03. The van der Waals surface area contributed by atoms with Crippen molar-refractivity contribution in [3.05, 3.63) is 83.1 Å². The standard InChI is InChI=1S/C20H17ClN4/c1-14-10-11-18-24-19(16-8-5-9-17(21)23-16)20(25(18)13-14)22-12-15-6-3-2-4-7-15/h2-11,13,22H,12H2,1H3. The summed E-state index contributed by atoms with van der Waals surface area (Å²) in [6.45, 7) is 2.77. The van der Waals surface area contributed by atoms with E-state index in [1.54, 1.807) is 6.07 Å². The van der Waals surface area contributed by atoms with Crippen molar-refractivity contribution in [3.8, 4) is 11.4 Å². The number of rotatable bonds is 4. The zero-order valence-corrected chi connectivity index (χ0v) is 14.5. The SMILES string of the molecule is Cc1ccc2nc(-c3cccc(Cl)n3)c(NCc3ccccc3)n2c1. The van der Waals surface area contributed by atoms with Crippen molar-refractivity contribution in [2.24, 2.45) is 0 Å². The highest BCUT2D eigenvalue weighted by atomic mass is 35.5. The van der Waals surface area contributed by atoms with Crippen molar-refractivity contribution >= 4 is 23.1 Å². The van der Waals surface area contributed by atoms with E-state index in [-0.39, 0.29) is 0 Å². The maximum atomic E-state index is 6.08. The Morgan fingerprint density at radius 3 is 2.60 bits per heavy atom. The second-order valence-electron chi connectivity index (χ2n) is 5.93. The Balaban J connectivity index is 1.81. The van der Waals surface area contributed by atoms with E-state index in [0.717, 1.165) is 22.9 Å². The Kier molecular flexibility index (Phi) is 4.12. The molecule has 0 saturated heterocycles. The molecule has 0 atom stereocenters. The molecule has 0 aliphatic heterocycles. The molecule has 0 aliphatic rings. The summed E-state index contributed by atoms with van der Waals surface area (Å²) < 4.78 is 2.07. The van der Waals surface area contributed by atoms with Crippen LogP contribution in [0.15, 0.2) is 66.9 Å². The van der Waals surface area contributed by atoms with Gasteiger partial charge in [-0.05, 0) is 36.2 Å². The van der Waals surface area contributed by atoms with Crippen LogP contribution in [0.1, 0.15) is 11.1 Å². The molecule has 0 spiro atoms. The smallest absolute Gasteiger partial charge is 0.140 e. The quantitative estimate of drug-likeness (QED) is 0.529. The van der Waals surface area contributed by atoms with Crippen molar-refractivity contribution in [2.45, 2.75) is 13.5 Å². The highest BCUT2D eigenvalue weighted by molar-refractivity contribution is 6.29. The normalized spacial score (nSPS) is 11.0. The van der Waals surface area contributed by atoms with E-state index in [4.69, 9.17) is 16.6 Å². The number of anilines is 1. The molecule has 25 heavy (non-hydrogen) atoms. The maximum Gasteiger partial charge on any atom is 0.140 e. The molecular formula is C20H17ClN4. The fraction of sp³-hybridized carbons (Fsp3) is 0.100. The van der Waals surface area contributed by atoms with Crippen LogP contribution in [0.3, 0.4) is 0 Å². The molecule has 0 radical (unpaired) electrons. The third-order valence-corrected chi connectivity index (χ3v) is 4.24. The number of pyridine rings is 2. The molecule has 124 valence electrons. The Bertz CT molecular complexity index is 1020. The van der Waals surface area contributed by atoms with Crippen molar-refractivity contribution in [1.29, 1.82) is 0 Å². The summed E-state index contributed by atoms with van der Waals surface area (Å²) in [5.74, 6) is 0.914. The lowest BCUT2D eigenvalue weighted by Gasteiger charge is -2.09. The minimum Gasteiger partial charge on any atom is -0.365 e. The zero-order valence-electron chi connectivity index (χ0n) is 13.8. The lowest BCUT2D eigenvalue weighted by molar-refractivity contribution is 1.07. The van der Waals surface area contributed by atoms with Crippen LogP contribution in [0, 0.1) is 6.92 Å². The van der Waals surface area contributed by atoms with Crippen molar-refractivity contribution in [1.82, 2.24) is 14.4 Å². The van der Waals surface area contributed by atoms with Gasteiger partial charge in [0, 0.05) is 12.7 Å². The van der Waals surface area contributed by atoms with Gasteiger partial charge < -0.3 is 5.32 Å². The third kappa shape index (κ3) is 3.21. The van der Waals surface area contributed by atoms with Crippen molar-refractivity contribution < 1.29 is 0 Å². The molecule has 3 aromatic heterocycles. The average Bonchev–Trinajstić information content (AvgIpc) is 2.98. The average molecular weight is 349 g/mol. The minimum absolute atomic E-state index is 0.458. The molecule has 5 heteroatoms. The minimum atomic E-state index is 0.458. The Morgan fingerprint density at radius 2 is 1.80 bits per heavy atom. The van der Waals surface area contributed by atoms with E-state index in [2.05, 4.69) is 46.0 Å². The first-order valence-corrected chi connectivity index (χ1v) is 8.48. The molecule has 1 aromatic carbocycles.